The number of hydrogen-bond donors (Lipinski definition) is 1. The van der Waals surface area contributed by atoms with Crippen LogP contribution in [0.3, 0.4) is 0 Å². The molecule has 0 spiro atoms. The lowest BCUT2D eigenvalue weighted by molar-refractivity contribution is 0.394. The van der Waals surface area contributed by atoms with E-state index < -0.39 is 0 Å². The fourth-order valence-electron chi connectivity index (χ4n) is 3.04. The molecular formula is C21H19N5O3. The average molecular weight is 389 g/mol. The summed E-state index contributed by atoms with van der Waals surface area (Å²) >= 11 is 0. The largest absolute Gasteiger partial charge is 0.497 e. The molecule has 29 heavy (non-hydrogen) atoms. The van der Waals surface area contributed by atoms with Gasteiger partial charge in [0.25, 0.3) is 5.56 Å². The zero-order valence-electron chi connectivity index (χ0n) is 16.2. The van der Waals surface area contributed by atoms with Crippen molar-refractivity contribution in [2.45, 2.75) is 0 Å². The molecule has 146 valence electrons. The van der Waals surface area contributed by atoms with E-state index in [4.69, 9.17) is 9.47 Å². The summed E-state index contributed by atoms with van der Waals surface area (Å²) in [6.07, 6.45) is 5.04. The third-order valence-corrected chi connectivity index (χ3v) is 4.55. The Morgan fingerprint density at radius 2 is 1.69 bits per heavy atom. The molecule has 0 bridgehead atoms. The third-order valence-electron chi connectivity index (χ3n) is 4.55. The highest BCUT2D eigenvalue weighted by Gasteiger charge is 2.13. The average Bonchev–Trinajstić information content (AvgIpc) is 2.76. The number of benzene rings is 1. The van der Waals surface area contributed by atoms with E-state index in [9.17, 15) is 4.79 Å². The molecule has 4 aromatic rings. The van der Waals surface area contributed by atoms with Gasteiger partial charge in [-0.1, -0.05) is 0 Å². The van der Waals surface area contributed by atoms with Crippen LogP contribution < -0.4 is 20.3 Å². The minimum absolute atomic E-state index is 0.179. The molecule has 3 heterocycles. The highest BCUT2D eigenvalue weighted by atomic mass is 16.5. The summed E-state index contributed by atoms with van der Waals surface area (Å²) in [5.74, 6) is 1.61. The van der Waals surface area contributed by atoms with Crippen molar-refractivity contribution in [1.29, 1.82) is 0 Å². The van der Waals surface area contributed by atoms with Crippen LogP contribution in [-0.4, -0.2) is 33.7 Å². The van der Waals surface area contributed by atoms with E-state index in [1.54, 1.807) is 64.1 Å². The maximum absolute atomic E-state index is 13.0. The molecule has 0 amide bonds. The van der Waals surface area contributed by atoms with Gasteiger partial charge in [0.15, 0.2) is 0 Å². The molecular weight excluding hydrogens is 370 g/mol. The van der Waals surface area contributed by atoms with Gasteiger partial charge in [-0.3, -0.25) is 14.3 Å². The van der Waals surface area contributed by atoms with Gasteiger partial charge >= 0.3 is 0 Å². The molecule has 0 atom stereocenters. The predicted octanol–water partition coefficient (Wildman–Crippen LogP) is 3.15. The van der Waals surface area contributed by atoms with Gasteiger partial charge in [0.05, 0.1) is 14.2 Å². The van der Waals surface area contributed by atoms with Crippen molar-refractivity contribution in [1.82, 2.24) is 19.5 Å². The van der Waals surface area contributed by atoms with Crippen molar-refractivity contribution >= 4 is 22.7 Å². The van der Waals surface area contributed by atoms with Gasteiger partial charge in [-0.15, -0.1) is 0 Å². The van der Waals surface area contributed by atoms with Crippen LogP contribution in [0, 0.1) is 0 Å². The zero-order valence-corrected chi connectivity index (χ0v) is 16.2. The van der Waals surface area contributed by atoms with Crippen LogP contribution in [0.5, 0.6) is 11.5 Å². The van der Waals surface area contributed by atoms with Gasteiger partial charge in [0, 0.05) is 48.3 Å². The van der Waals surface area contributed by atoms with Crippen LogP contribution in [0.15, 0.2) is 59.8 Å². The van der Waals surface area contributed by atoms with Crippen LogP contribution in [0.4, 0.5) is 11.6 Å². The summed E-state index contributed by atoms with van der Waals surface area (Å²) in [7, 11) is 4.83. The van der Waals surface area contributed by atoms with Gasteiger partial charge in [-0.2, -0.15) is 4.98 Å². The van der Waals surface area contributed by atoms with Crippen LogP contribution in [-0.2, 0) is 7.05 Å². The number of aryl methyl sites for hydroxylation is 1. The maximum atomic E-state index is 13.0. The molecule has 0 aliphatic rings. The minimum atomic E-state index is -0.179. The quantitative estimate of drug-likeness (QED) is 0.561. The van der Waals surface area contributed by atoms with Crippen molar-refractivity contribution in [3.8, 4) is 22.6 Å². The second kappa shape index (κ2) is 7.59. The third kappa shape index (κ3) is 3.60. The molecule has 0 aliphatic heterocycles. The second-order valence-electron chi connectivity index (χ2n) is 6.36. The Kier molecular flexibility index (Phi) is 4.82. The number of aromatic nitrogens is 4. The standard InChI is InChI=1S/C21H19N5O3/c1-26-19-14(12-23-21(25-19)24-15-4-6-22-7-5-15)10-18(20(26)27)13-8-16(28-2)11-17(9-13)29-3/h4-12H,1-3H3,(H,22,23,24,25). The molecule has 0 unspecified atom stereocenters. The highest BCUT2D eigenvalue weighted by molar-refractivity contribution is 5.82. The Hall–Kier alpha value is -3.94. The van der Waals surface area contributed by atoms with E-state index in [0.717, 1.165) is 11.1 Å². The van der Waals surface area contributed by atoms with E-state index in [1.165, 1.54) is 4.57 Å². The first-order chi connectivity index (χ1) is 14.1. The van der Waals surface area contributed by atoms with Crippen molar-refractivity contribution < 1.29 is 9.47 Å². The van der Waals surface area contributed by atoms with E-state index in [0.29, 0.717) is 34.2 Å². The predicted molar refractivity (Wildman–Crippen MR) is 111 cm³/mol. The number of pyridine rings is 2. The van der Waals surface area contributed by atoms with Crippen molar-refractivity contribution in [3.05, 3.63) is 65.3 Å². The monoisotopic (exact) mass is 389 g/mol. The molecule has 8 nitrogen and oxygen atoms in total. The molecule has 0 saturated carbocycles. The van der Waals surface area contributed by atoms with Gasteiger partial charge in [0.1, 0.15) is 17.1 Å². The molecule has 0 aliphatic carbocycles. The molecule has 4 rings (SSSR count). The van der Waals surface area contributed by atoms with Gasteiger partial charge in [0.2, 0.25) is 5.95 Å². The Morgan fingerprint density at radius 3 is 2.34 bits per heavy atom. The van der Waals surface area contributed by atoms with E-state index in [2.05, 4.69) is 20.3 Å². The van der Waals surface area contributed by atoms with E-state index in [1.807, 2.05) is 12.1 Å². The lowest BCUT2D eigenvalue weighted by atomic mass is 10.1. The lowest BCUT2D eigenvalue weighted by Gasteiger charge is -2.12. The molecule has 1 aromatic carbocycles. The SMILES string of the molecule is COc1cc(OC)cc(-c2cc3cnc(Nc4ccncc4)nc3n(C)c2=O)c1. The van der Waals surface area contributed by atoms with Crippen molar-refractivity contribution in [3.63, 3.8) is 0 Å². The number of fused-ring (bicyclic) bond motifs is 1. The maximum Gasteiger partial charge on any atom is 0.259 e. The number of nitrogens with zero attached hydrogens (tertiary/aromatic N) is 4. The first-order valence-electron chi connectivity index (χ1n) is 8.86. The van der Waals surface area contributed by atoms with Gasteiger partial charge in [-0.05, 0) is 35.9 Å². The summed E-state index contributed by atoms with van der Waals surface area (Å²) < 4.78 is 12.2. The first kappa shape index (κ1) is 18.4. The molecule has 0 saturated heterocycles. The molecule has 3 aromatic heterocycles. The van der Waals surface area contributed by atoms with Gasteiger partial charge < -0.3 is 14.8 Å². The van der Waals surface area contributed by atoms with E-state index >= 15 is 0 Å². The number of rotatable bonds is 5. The summed E-state index contributed by atoms with van der Waals surface area (Å²) in [6, 6.07) is 10.8. The Bertz CT molecular complexity index is 1220. The van der Waals surface area contributed by atoms with Crippen molar-refractivity contribution in [2.75, 3.05) is 19.5 Å². The highest BCUT2D eigenvalue weighted by Crippen LogP contribution is 2.29. The molecule has 8 heteroatoms. The Balaban J connectivity index is 1.81. The zero-order chi connectivity index (χ0) is 20.4. The second-order valence-corrected chi connectivity index (χ2v) is 6.36. The fraction of sp³-hybridized carbons (Fsp3) is 0.143. The van der Waals surface area contributed by atoms with Crippen LogP contribution in [0.1, 0.15) is 0 Å². The smallest absolute Gasteiger partial charge is 0.259 e. The molecule has 0 fully saturated rings. The summed E-state index contributed by atoms with van der Waals surface area (Å²) in [6.45, 7) is 0. The molecule has 1 N–H and O–H groups in total. The lowest BCUT2D eigenvalue weighted by Crippen LogP contribution is -2.20. The number of anilines is 2. The normalized spacial score (nSPS) is 10.7. The fourth-order valence-corrected chi connectivity index (χ4v) is 3.04. The number of methoxy groups -OCH3 is 2. The Morgan fingerprint density at radius 1 is 1.00 bits per heavy atom. The topological polar surface area (TPSA) is 91.2 Å². The van der Waals surface area contributed by atoms with Crippen LogP contribution in [0.2, 0.25) is 0 Å². The summed E-state index contributed by atoms with van der Waals surface area (Å²) in [4.78, 5) is 25.9. The Labute approximate surface area is 166 Å². The van der Waals surface area contributed by atoms with E-state index in [-0.39, 0.29) is 5.56 Å². The first-order valence-corrected chi connectivity index (χ1v) is 8.86. The molecule has 0 radical (unpaired) electrons. The summed E-state index contributed by atoms with van der Waals surface area (Å²) in [5.41, 5.74) is 2.37. The minimum Gasteiger partial charge on any atom is -0.497 e. The van der Waals surface area contributed by atoms with Gasteiger partial charge in [-0.25, -0.2) is 4.98 Å². The number of nitrogens with one attached hydrogen (secondary N) is 1. The van der Waals surface area contributed by atoms with Crippen LogP contribution >= 0.6 is 0 Å². The summed E-state index contributed by atoms with van der Waals surface area (Å²) in [5, 5.41) is 3.85. The number of hydrogen-bond acceptors (Lipinski definition) is 7. The van der Waals surface area contributed by atoms with Crippen molar-refractivity contribution in [2.24, 2.45) is 7.05 Å². The number of ether oxygens (including phenoxy) is 2. The van der Waals surface area contributed by atoms with Crippen LogP contribution in [0.25, 0.3) is 22.2 Å².